The summed E-state index contributed by atoms with van der Waals surface area (Å²) in [4.78, 5) is 0. The van der Waals surface area contributed by atoms with E-state index in [-0.39, 0.29) is 83.8 Å². The van der Waals surface area contributed by atoms with Crippen LogP contribution in [-0.4, -0.2) is 6.16 Å². The fourth-order valence-electron chi connectivity index (χ4n) is 0. The Morgan fingerprint density at radius 1 is 1.80 bits per heavy atom. The van der Waals surface area contributed by atoms with Gasteiger partial charge in [0, 0.05) is 0 Å². The molecule has 0 saturated heterocycles. The Bertz CT molecular complexity index is 15.7. The molecule has 0 saturated carbocycles. The Kier molecular flexibility index (Phi) is 49.4. The van der Waals surface area contributed by atoms with Gasteiger partial charge in [0.1, 0.15) is 0 Å². The molecular weight excluding hydrogens is 117 g/mol. The third kappa shape index (κ3) is 19.3. The van der Waals surface area contributed by atoms with Gasteiger partial charge < -0.3 is 2.85 Å². The summed E-state index contributed by atoms with van der Waals surface area (Å²) in [5, 5.41) is 0. The van der Waals surface area contributed by atoms with Gasteiger partial charge in [-0.3, -0.25) is 0 Å². The topological polar surface area (TPSA) is 0 Å². The van der Waals surface area contributed by atoms with E-state index in [4.69, 9.17) is 0 Å². The largest absolute Gasteiger partial charge is 1.00 e. The van der Waals surface area contributed by atoms with Crippen molar-refractivity contribution in [2.24, 2.45) is 0 Å². The van der Waals surface area contributed by atoms with Crippen LogP contribution in [0.25, 0.3) is 0 Å². The van der Waals surface area contributed by atoms with Crippen molar-refractivity contribution in [2.75, 3.05) is 6.16 Å². The summed E-state index contributed by atoms with van der Waals surface area (Å²) >= 11 is 0. The van der Waals surface area contributed by atoms with Crippen LogP contribution in [-0.2, 0) is 0 Å². The second kappa shape index (κ2) is 15.7. The first kappa shape index (κ1) is 15.7. The van der Waals surface area contributed by atoms with Crippen LogP contribution >= 0.6 is 9.24 Å². The first-order valence-corrected chi connectivity index (χ1v) is 1.93. The maximum Gasteiger partial charge on any atom is 1.00 e. The monoisotopic (exact) mass is 126 g/mol. The van der Waals surface area contributed by atoms with E-state index < -0.39 is 0 Å². The quantitative estimate of drug-likeness (QED) is 0.225. The van der Waals surface area contributed by atoms with Crippen LogP contribution in [0.1, 0.15) is 9.78 Å². The SMILES string of the molecule is CCP.[H-].[H-].[K+].[Na+]. The Labute approximate surface area is 104 Å². The van der Waals surface area contributed by atoms with Crippen molar-refractivity contribution >= 4 is 9.24 Å². The van der Waals surface area contributed by atoms with Gasteiger partial charge in [-0.1, -0.05) is 6.92 Å². The summed E-state index contributed by atoms with van der Waals surface area (Å²) in [6.45, 7) is 2.09. The van der Waals surface area contributed by atoms with Gasteiger partial charge in [0.15, 0.2) is 0 Å². The van der Waals surface area contributed by atoms with Crippen LogP contribution in [0.2, 0.25) is 0 Å². The van der Waals surface area contributed by atoms with Gasteiger partial charge in [-0.25, -0.2) is 0 Å². The van der Waals surface area contributed by atoms with E-state index in [1.165, 1.54) is 6.16 Å². The normalized spacial score (nSPS) is 3.60. The van der Waals surface area contributed by atoms with Crippen molar-refractivity contribution in [1.82, 2.24) is 0 Å². The molecule has 0 heterocycles. The molecule has 0 aliphatic carbocycles. The first-order chi connectivity index (χ1) is 1.41. The van der Waals surface area contributed by atoms with E-state index in [0.29, 0.717) is 0 Å². The molecule has 0 fully saturated rings. The molecule has 24 valence electrons. The standard InChI is InChI=1S/C2H7P.K.Na.2H/c1-2-3;;;;/h2-3H2,1H3;;;;/q;2*+1;2*-1. The molecule has 0 radical (unpaired) electrons. The van der Waals surface area contributed by atoms with Gasteiger partial charge in [0.2, 0.25) is 0 Å². The summed E-state index contributed by atoms with van der Waals surface area (Å²) < 4.78 is 0. The molecule has 0 aromatic heterocycles. The minimum Gasteiger partial charge on any atom is -1.00 e. The molecule has 0 spiro atoms. The summed E-state index contributed by atoms with van der Waals surface area (Å²) in [7, 11) is 2.58. The van der Waals surface area contributed by atoms with E-state index >= 15 is 0 Å². The van der Waals surface area contributed by atoms with E-state index in [2.05, 4.69) is 16.2 Å². The Balaban J connectivity index is -0.00000000333. The van der Waals surface area contributed by atoms with Gasteiger partial charge in [0.25, 0.3) is 0 Å². The van der Waals surface area contributed by atoms with Crippen LogP contribution < -0.4 is 80.9 Å². The van der Waals surface area contributed by atoms with Gasteiger partial charge in [-0.05, 0) is 6.16 Å². The molecule has 0 N–H and O–H groups in total. The number of hydrogen-bond acceptors (Lipinski definition) is 0. The molecule has 3 heteroatoms. The van der Waals surface area contributed by atoms with Gasteiger partial charge in [-0.15, -0.1) is 9.24 Å². The Hall–Kier alpha value is 3.07. The molecule has 0 aromatic rings. The maximum atomic E-state index is 2.58. The molecule has 0 aliphatic heterocycles. The molecule has 0 rings (SSSR count). The van der Waals surface area contributed by atoms with Crippen LogP contribution in [0.3, 0.4) is 0 Å². The third-order valence-corrected chi connectivity index (χ3v) is 0. The summed E-state index contributed by atoms with van der Waals surface area (Å²) in [6.07, 6.45) is 1.17. The number of rotatable bonds is 0. The van der Waals surface area contributed by atoms with Crippen molar-refractivity contribution in [3.05, 3.63) is 0 Å². The van der Waals surface area contributed by atoms with Crippen molar-refractivity contribution in [2.45, 2.75) is 6.92 Å². The van der Waals surface area contributed by atoms with Crippen LogP contribution in [0.5, 0.6) is 0 Å². The average Bonchev–Trinajstić information content (AvgIpc) is 0.918. The van der Waals surface area contributed by atoms with E-state index in [1.807, 2.05) is 0 Å². The molecular formula is C2H9KNaP. The van der Waals surface area contributed by atoms with Crippen LogP contribution in [0.4, 0.5) is 0 Å². The molecule has 0 nitrogen and oxygen atoms in total. The first-order valence-electron chi connectivity index (χ1n) is 1.12. The van der Waals surface area contributed by atoms with E-state index in [1.54, 1.807) is 0 Å². The van der Waals surface area contributed by atoms with Gasteiger partial charge in [0.05, 0.1) is 0 Å². The van der Waals surface area contributed by atoms with Crippen LogP contribution in [0, 0.1) is 0 Å². The molecule has 0 bridgehead atoms. The molecule has 0 aromatic carbocycles. The minimum atomic E-state index is 0. The van der Waals surface area contributed by atoms with Gasteiger partial charge in [-0.2, -0.15) is 0 Å². The predicted octanol–water partition coefficient (Wildman–Crippen LogP) is -4.89. The Morgan fingerprint density at radius 2 is 1.80 bits per heavy atom. The van der Waals surface area contributed by atoms with Crippen molar-refractivity contribution in [1.29, 1.82) is 0 Å². The summed E-state index contributed by atoms with van der Waals surface area (Å²) in [5.74, 6) is 0. The minimum absolute atomic E-state index is 0. The van der Waals surface area contributed by atoms with Crippen LogP contribution in [0.15, 0.2) is 0 Å². The van der Waals surface area contributed by atoms with E-state index in [0.717, 1.165) is 0 Å². The van der Waals surface area contributed by atoms with Gasteiger partial charge >= 0.3 is 80.9 Å². The van der Waals surface area contributed by atoms with Crippen molar-refractivity contribution in [3.63, 3.8) is 0 Å². The maximum absolute atomic E-state index is 2.58. The smallest absolute Gasteiger partial charge is 1.00 e. The fraction of sp³-hybridized carbons (Fsp3) is 1.00. The third-order valence-electron chi connectivity index (χ3n) is 0. The zero-order valence-electron chi connectivity index (χ0n) is 6.28. The van der Waals surface area contributed by atoms with E-state index in [9.17, 15) is 0 Å². The average molecular weight is 126 g/mol. The zero-order valence-corrected chi connectivity index (χ0v) is 10.6. The second-order valence-corrected chi connectivity index (χ2v) is 1.22. The summed E-state index contributed by atoms with van der Waals surface area (Å²) in [6, 6.07) is 0. The molecule has 0 aliphatic rings. The van der Waals surface area contributed by atoms with Crippen molar-refractivity contribution < 1.29 is 83.8 Å². The number of hydrogen-bond donors (Lipinski definition) is 0. The summed E-state index contributed by atoms with van der Waals surface area (Å²) in [5.41, 5.74) is 0. The fourth-order valence-corrected chi connectivity index (χ4v) is 0. The molecule has 1 unspecified atom stereocenters. The second-order valence-electron chi connectivity index (χ2n) is 0.408. The molecule has 0 amide bonds. The van der Waals surface area contributed by atoms with Crippen molar-refractivity contribution in [3.8, 4) is 0 Å². The predicted molar refractivity (Wildman–Crippen MR) is 22.5 cm³/mol. The zero-order chi connectivity index (χ0) is 2.71. The Morgan fingerprint density at radius 3 is 1.80 bits per heavy atom. The molecule has 1 atom stereocenters. The molecule has 5 heavy (non-hydrogen) atoms.